The standard InChI is InChI=1S/C22H24F2N6O4S/c1-30(22(27)5-4-16(31)28-7-6-22)21(34)17-19(33)18(32)13(10-29-17)20(26)35-15(25)8-11-2-3-12(23)9-14(11)24/h2-3,9-10,25-26,33H,4-8,27H2,1H3,(H,28,31)(H,29,32). The Labute approximate surface area is 202 Å². The fraction of sp³-hybridized carbons (Fsp3) is 0.318. The molecule has 0 aliphatic carbocycles. The van der Waals surface area contributed by atoms with Gasteiger partial charge in [-0.25, -0.2) is 8.78 Å². The van der Waals surface area contributed by atoms with E-state index in [1.54, 1.807) is 0 Å². The van der Waals surface area contributed by atoms with Crippen LogP contribution in [-0.2, 0) is 11.2 Å². The van der Waals surface area contributed by atoms with Crippen LogP contribution in [0, 0.1) is 22.5 Å². The summed E-state index contributed by atoms with van der Waals surface area (Å²) in [6.07, 6.45) is 1.38. The third-order valence-corrected chi connectivity index (χ3v) is 6.56. The number of nitrogens with one attached hydrogen (secondary N) is 4. The van der Waals surface area contributed by atoms with E-state index in [9.17, 15) is 28.3 Å². The molecule has 10 nitrogen and oxygen atoms in total. The number of carbonyl (C=O) groups is 2. The monoisotopic (exact) mass is 506 g/mol. The second-order valence-corrected chi connectivity index (χ2v) is 9.19. The fourth-order valence-corrected chi connectivity index (χ4v) is 4.31. The van der Waals surface area contributed by atoms with Crippen molar-refractivity contribution >= 4 is 33.7 Å². The highest BCUT2D eigenvalue weighted by molar-refractivity contribution is 8.26. The molecule has 1 aliphatic heterocycles. The number of thioether (sulfide) groups is 1. The number of benzene rings is 1. The van der Waals surface area contributed by atoms with Crippen LogP contribution in [0.15, 0.2) is 29.2 Å². The number of nitrogens with two attached hydrogens (primary N) is 1. The summed E-state index contributed by atoms with van der Waals surface area (Å²) in [7, 11) is 1.40. The van der Waals surface area contributed by atoms with Crippen LogP contribution in [-0.4, -0.2) is 56.1 Å². The maximum atomic E-state index is 13.8. The molecule has 0 saturated carbocycles. The van der Waals surface area contributed by atoms with Crippen LogP contribution in [0.5, 0.6) is 5.75 Å². The van der Waals surface area contributed by atoms with Gasteiger partial charge in [0.2, 0.25) is 11.3 Å². The minimum atomic E-state index is -1.19. The summed E-state index contributed by atoms with van der Waals surface area (Å²) in [4.78, 5) is 41.0. The molecule has 1 aliphatic rings. The predicted molar refractivity (Wildman–Crippen MR) is 127 cm³/mol. The Hall–Kier alpha value is -3.58. The van der Waals surface area contributed by atoms with E-state index < -0.39 is 45.1 Å². The van der Waals surface area contributed by atoms with E-state index in [1.165, 1.54) is 13.1 Å². The van der Waals surface area contributed by atoms with E-state index in [1.807, 2.05) is 0 Å². The summed E-state index contributed by atoms with van der Waals surface area (Å²) in [5.41, 5.74) is 3.44. The molecule has 2 heterocycles. The van der Waals surface area contributed by atoms with Crippen molar-refractivity contribution in [2.24, 2.45) is 5.73 Å². The lowest BCUT2D eigenvalue weighted by Gasteiger charge is -2.37. The number of aromatic hydroxyl groups is 1. The number of hydrogen-bond donors (Lipinski definition) is 6. The van der Waals surface area contributed by atoms with Crippen LogP contribution in [0.3, 0.4) is 0 Å². The summed E-state index contributed by atoms with van der Waals surface area (Å²) >= 11 is 0.549. The Morgan fingerprint density at radius 2 is 2.00 bits per heavy atom. The second-order valence-electron chi connectivity index (χ2n) is 8.09. The fourth-order valence-electron chi connectivity index (χ4n) is 3.57. The molecule has 2 amide bonds. The summed E-state index contributed by atoms with van der Waals surface area (Å²) < 4.78 is 26.9. The maximum absolute atomic E-state index is 13.8. The largest absolute Gasteiger partial charge is 0.503 e. The lowest BCUT2D eigenvalue weighted by molar-refractivity contribution is -0.120. The van der Waals surface area contributed by atoms with Crippen LogP contribution in [0.2, 0.25) is 0 Å². The molecule has 1 aromatic heterocycles. The molecule has 35 heavy (non-hydrogen) atoms. The molecule has 13 heteroatoms. The molecule has 7 N–H and O–H groups in total. The Kier molecular flexibility index (Phi) is 7.70. The molecule has 2 aromatic rings. The normalized spacial score (nSPS) is 17.9. The maximum Gasteiger partial charge on any atom is 0.275 e. The molecule has 1 saturated heterocycles. The van der Waals surface area contributed by atoms with Gasteiger partial charge in [-0.2, -0.15) is 0 Å². The zero-order valence-electron chi connectivity index (χ0n) is 18.7. The van der Waals surface area contributed by atoms with E-state index in [2.05, 4.69) is 10.3 Å². The zero-order chi connectivity index (χ0) is 25.9. The Balaban J connectivity index is 1.75. The molecule has 0 spiro atoms. The van der Waals surface area contributed by atoms with Crippen molar-refractivity contribution in [3.05, 3.63) is 63.1 Å². The molecule has 1 aromatic carbocycles. The van der Waals surface area contributed by atoms with E-state index in [0.29, 0.717) is 17.8 Å². The first-order valence-corrected chi connectivity index (χ1v) is 11.3. The topological polar surface area (TPSA) is 176 Å². The third-order valence-electron chi connectivity index (χ3n) is 5.74. The van der Waals surface area contributed by atoms with Gasteiger partial charge in [0.15, 0.2) is 11.4 Å². The van der Waals surface area contributed by atoms with Gasteiger partial charge in [-0.3, -0.25) is 25.2 Å². The highest BCUT2D eigenvalue weighted by Crippen LogP contribution is 2.24. The minimum absolute atomic E-state index is 0.0450. The van der Waals surface area contributed by atoms with Crippen LogP contribution < -0.4 is 16.5 Å². The number of amides is 2. The summed E-state index contributed by atoms with van der Waals surface area (Å²) in [5.74, 6) is -3.49. The van der Waals surface area contributed by atoms with Crippen LogP contribution >= 0.6 is 11.8 Å². The molecule has 186 valence electrons. The zero-order valence-corrected chi connectivity index (χ0v) is 19.5. The van der Waals surface area contributed by atoms with E-state index in [0.717, 1.165) is 17.2 Å². The van der Waals surface area contributed by atoms with Crippen LogP contribution in [0.1, 0.15) is 40.9 Å². The number of halogens is 2. The van der Waals surface area contributed by atoms with Crippen molar-refractivity contribution in [3.8, 4) is 5.75 Å². The highest BCUT2D eigenvalue weighted by atomic mass is 32.2. The summed E-state index contributed by atoms with van der Waals surface area (Å²) in [6, 6.07) is 2.92. The quantitative estimate of drug-likeness (QED) is 0.204. The molecule has 3 rings (SSSR count). The molecule has 0 radical (unpaired) electrons. The Morgan fingerprint density at radius 3 is 2.69 bits per heavy atom. The van der Waals surface area contributed by atoms with Gasteiger partial charge in [-0.05, 0) is 18.1 Å². The lowest BCUT2D eigenvalue weighted by Crippen LogP contribution is -2.57. The molecule has 1 atom stereocenters. The third kappa shape index (κ3) is 5.74. The first-order chi connectivity index (χ1) is 16.4. The average Bonchev–Trinajstić information content (AvgIpc) is 2.97. The van der Waals surface area contributed by atoms with E-state index >= 15 is 0 Å². The van der Waals surface area contributed by atoms with Gasteiger partial charge < -0.3 is 26.0 Å². The SMILES string of the molecule is CN(C(=O)c1[nH]cc(C(=N)SC(=N)Cc2ccc(F)cc2F)c(=O)c1O)C1(N)CCNC(=O)CC1. The van der Waals surface area contributed by atoms with Crippen molar-refractivity contribution in [3.63, 3.8) is 0 Å². The van der Waals surface area contributed by atoms with Gasteiger partial charge in [-0.1, -0.05) is 17.8 Å². The lowest BCUT2D eigenvalue weighted by atomic mass is 9.99. The molecule has 1 unspecified atom stereocenters. The highest BCUT2D eigenvalue weighted by Gasteiger charge is 2.37. The Bertz CT molecular complexity index is 1270. The summed E-state index contributed by atoms with van der Waals surface area (Å²) in [6.45, 7) is 0.260. The van der Waals surface area contributed by atoms with Crippen molar-refractivity contribution in [1.29, 1.82) is 10.8 Å². The van der Waals surface area contributed by atoms with Crippen molar-refractivity contribution in [2.45, 2.75) is 31.3 Å². The van der Waals surface area contributed by atoms with Gasteiger partial charge in [0, 0.05) is 45.1 Å². The number of hydrogen-bond acceptors (Lipinski definition) is 8. The van der Waals surface area contributed by atoms with Crippen molar-refractivity contribution < 1.29 is 23.5 Å². The van der Waals surface area contributed by atoms with E-state index in [4.69, 9.17) is 16.6 Å². The number of aromatic nitrogens is 1. The molecule has 0 bridgehead atoms. The van der Waals surface area contributed by atoms with Crippen molar-refractivity contribution in [1.82, 2.24) is 15.2 Å². The number of carbonyl (C=O) groups excluding carboxylic acids is 2. The molecular formula is C22H24F2N6O4S. The first-order valence-electron chi connectivity index (χ1n) is 10.5. The number of H-pyrrole nitrogens is 1. The average molecular weight is 507 g/mol. The first kappa shape index (κ1) is 26.0. The Morgan fingerprint density at radius 1 is 1.29 bits per heavy atom. The van der Waals surface area contributed by atoms with Gasteiger partial charge in [0.05, 0.1) is 16.3 Å². The predicted octanol–water partition coefficient (Wildman–Crippen LogP) is 1.66. The number of rotatable bonds is 5. The van der Waals surface area contributed by atoms with Crippen LogP contribution in [0.4, 0.5) is 8.78 Å². The number of pyridine rings is 1. The molecular weight excluding hydrogens is 482 g/mol. The van der Waals surface area contributed by atoms with Crippen molar-refractivity contribution in [2.75, 3.05) is 13.6 Å². The summed E-state index contributed by atoms with van der Waals surface area (Å²) in [5, 5.41) is 28.6. The van der Waals surface area contributed by atoms with Gasteiger partial charge >= 0.3 is 0 Å². The van der Waals surface area contributed by atoms with Gasteiger partial charge in [0.25, 0.3) is 5.91 Å². The second kappa shape index (κ2) is 10.4. The van der Waals surface area contributed by atoms with E-state index in [-0.39, 0.29) is 54.3 Å². The minimum Gasteiger partial charge on any atom is -0.503 e. The number of nitrogens with zero attached hydrogens (tertiary/aromatic N) is 1. The molecule has 1 fully saturated rings. The smallest absolute Gasteiger partial charge is 0.275 e. The van der Waals surface area contributed by atoms with Gasteiger partial charge in [0.1, 0.15) is 16.7 Å². The number of aromatic amines is 1. The van der Waals surface area contributed by atoms with Gasteiger partial charge in [-0.15, -0.1) is 0 Å². The van der Waals surface area contributed by atoms with Crippen LogP contribution in [0.25, 0.3) is 0 Å².